The van der Waals surface area contributed by atoms with E-state index in [-0.39, 0.29) is 24.7 Å². The highest BCUT2D eigenvalue weighted by atomic mass is 32.2. The van der Waals surface area contributed by atoms with Gasteiger partial charge in [0.15, 0.2) is 0 Å². The van der Waals surface area contributed by atoms with Gasteiger partial charge < -0.3 is 33.5 Å². The zero-order valence-electron chi connectivity index (χ0n) is 20.0. The third-order valence-corrected chi connectivity index (χ3v) is 5.88. The van der Waals surface area contributed by atoms with E-state index in [1.54, 1.807) is 12.1 Å². The lowest BCUT2D eigenvalue weighted by Crippen LogP contribution is -2.15. The minimum Gasteiger partial charge on any atom is -0.394 e. The summed E-state index contributed by atoms with van der Waals surface area (Å²) >= 11 is 0. The predicted octanol–water partition coefficient (Wildman–Crippen LogP) is 1.64. The van der Waals surface area contributed by atoms with Crippen molar-refractivity contribution < 1.29 is 46.1 Å². The van der Waals surface area contributed by atoms with Crippen molar-refractivity contribution in [2.45, 2.75) is 4.90 Å². The van der Waals surface area contributed by atoms with Crippen LogP contribution in [-0.2, 0) is 42.7 Å². The van der Waals surface area contributed by atoms with E-state index < -0.39 is 10.1 Å². The molecule has 0 aliphatic rings. The fourth-order valence-corrected chi connectivity index (χ4v) is 3.79. The largest absolute Gasteiger partial charge is 0.394 e. The first-order chi connectivity index (χ1) is 17.1. The summed E-state index contributed by atoms with van der Waals surface area (Å²) in [7, 11) is -3.83. The lowest BCUT2D eigenvalue weighted by molar-refractivity contribution is -0.0190. The van der Waals surface area contributed by atoms with E-state index in [4.69, 9.17) is 37.7 Å². The molecule has 0 saturated carbocycles. The molecule has 10 nitrogen and oxygen atoms in total. The van der Waals surface area contributed by atoms with Crippen LogP contribution >= 0.6 is 0 Å². The maximum absolute atomic E-state index is 12.3. The number of aliphatic hydroxyl groups is 1. The topological polar surface area (TPSA) is 119 Å². The Kier molecular flexibility index (Phi) is 15.7. The second kappa shape index (κ2) is 18.6. The second-order valence-corrected chi connectivity index (χ2v) is 8.80. The van der Waals surface area contributed by atoms with E-state index in [0.717, 1.165) is 10.8 Å². The summed E-state index contributed by atoms with van der Waals surface area (Å²) in [5.74, 6) is 0. The number of rotatable bonds is 22. The molecule has 0 heterocycles. The fourth-order valence-electron chi connectivity index (χ4n) is 2.86. The number of fused-ring (bicyclic) bond motifs is 1. The van der Waals surface area contributed by atoms with E-state index in [1.807, 2.05) is 24.3 Å². The molecule has 0 amide bonds. The van der Waals surface area contributed by atoms with Crippen LogP contribution in [0, 0.1) is 0 Å². The van der Waals surface area contributed by atoms with Crippen LogP contribution in [0.3, 0.4) is 0 Å². The zero-order valence-corrected chi connectivity index (χ0v) is 20.8. The lowest BCUT2D eigenvalue weighted by atomic mass is 10.1. The molecule has 11 heteroatoms. The zero-order chi connectivity index (χ0) is 25.0. The molecule has 2 aromatic rings. The van der Waals surface area contributed by atoms with E-state index in [1.165, 1.54) is 6.07 Å². The van der Waals surface area contributed by atoms with Gasteiger partial charge in [0.2, 0.25) is 0 Å². The molecule has 0 aliphatic carbocycles. The molecule has 0 radical (unpaired) electrons. The van der Waals surface area contributed by atoms with Gasteiger partial charge in [0.25, 0.3) is 10.1 Å². The molecular weight excluding hydrogens is 480 g/mol. The number of hydrogen-bond acceptors (Lipinski definition) is 10. The van der Waals surface area contributed by atoms with Crippen molar-refractivity contribution in [3.63, 3.8) is 0 Å². The summed E-state index contributed by atoms with van der Waals surface area (Å²) < 4.78 is 61.6. The standard InChI is InChI=1S/C24H36O10S/c25-7-8-28-9-10-29-11-12-30-13-14-31-15-16-32-17-18-33-19-20-34-35(26,27)24-6-5-22-3-1-2-4-23(22)21-24/h1-6,21,25H,7-20H2. The molecule has 2 rings (SSSR count). The van der Waals surface area contributed by atoms with Gasteiger partial charge in [0.1, 0.15) is 0 Å². The van der Waals surface area contributed by atoms with Gasteiger partial charge in [-0.25, -0.2) is 0 Å². The summed E-state index contributed by atoms with van der Waals surface area (Å²) in [6.07, 6.45) is 0. The first kappa shape index (κ1) is 29.6. The maximum atomic E-state index is 12.3. The first-order valence-electron chi connectivity index (χ1n) is 11.6. The quantitative estimate of drug-likeness (QED) is 0.183. The van der Waals surface area contributed by atoms with Crippen LogP contribution in [0.15, 0.2) is 47.4 Å². The Bertz CT molecular complexity index is 906. The van der Waals surface area contributed by atoms with E-state index in [2.05, 4.69) is 0 Å². The fraction of sp³-hybridized carbons (Fsp3) is 0.583. The van der Waals surface area contributed by atoms with Gasteiger partial charge in [-0.3, -0.25) is 4.18 Å². The minimum absolute atomic E-state index is 0.0133. The molecule has 35 heavy (non-hydrogen) atoms. The Labute approximate surface area is 207 Å². The van der Waals surface area contributed by atoms with E-state index >= 15 is 0 Å². The van der Waals surface area contributed by atoms with Crippen LogP contribution in [0.25, 0.3) is 10.8 Å². The molecule has 0 bridgehead atoms. The number of aliphatic hydroxyl groups excluding tert-OH is 1. The average molecular weight is 517 g/mol. The molecule has 2 aromatic carbocycles. The summed E-state index contributed by atoms with van der Waals surface area (Å²) in [5.41, 5.74) is 0. The average Bonchev–Trinajstić information content (AvgIpc) is 2.87. The molecule has 1 N–H and O–H groups in total. The minimum atomic E-state index is -3.83. The van der Waals surface area contributed by atoms with Crippen LogP contribution in [0.2, 0.25) is 0 Å². The van der Waals surface area contributed by atoms with E-state index in [9.17, 15) is 8.42 Å². The van der Waals surface area contributed by atoms with Gasteiger partial charge in [-0.05, 0) is 22.9 Å². The predicted molar refractivity (Wildman–Crippen MR) is 129 cm³/mol. The first-order valence-corrected chi connectivity index (χ1v) is 13.0. The Balaban J connectivity index is 1.36. The molecule has 0 unspecified atom stereocenters. The van der Waals surface area contributed by atoms with Crippen LogP contribution in [0.4, 0.5) is 0 Å². The second-order valence-electron chi connectivity index (χ2n) is 7.18. The maximum Gasteiger partial charge on any atom is 0.297 e. The highest BCUT2D eigenvalue weighted by molar-refractivity contribution is 7.86. The summed E-state index contributed by atoms with van der Waals surface area (Å²) in [4.78, 5) is 0.124. The van der Waals surface area contributed by atoms with Gasteiger partial charge in [-0.1, -0.05) is 30.3 Å². The van der Waals surface area contributed by atoms with Crippen molar-refractivity contribution in [3.05, 3.63) is 42.5 Å². The summed E-state index contributed by atoms with van der Waals surface area (Å²) in [6.45, 7) is 4.78. The van der Waals surface area contributed by atoms with Crippen molar-refractivity contribution in [2.24, 2.45) is 0 Å². The van der Waals surface area contributed by atoms with Crippen LogP contribution in [-0.4, -0.2) is 106 Å². The number of benzene rings is 2. The molecule has 0 fully saturated rings. The monoisotopic (exact) mass is 516 g/mol. The van der Waals surface area contributed by atoms with Crippen molar-refractivity contribution in [3.8, 4) is 0 Å². The van der Waals surface area contributed by atoms with Crippen molar-refractivity contribution >= 4 is 20.9 Å². The molecule has 0 aliphatic heterocycles. The van der Waals surface area contributed by atoms with Crippen LogP contribution in [0.1, 0.15) is 0 Å². The van der Waals surface area contributed by atoms with Crippen molar-refractivity contribution in [1.82, 2.24) is 0 Å². The SMILES string of the molecule is O=S(=O)(OCCOCCOCCOCCOCCOCCOCCO)c1ccc2ccccc2c1. The van der Waals surface area contributed by atoms with Gasteiger partial charge in [-0.2, -0.15) is 8.42 Å². The number of ether oxygens (including phenoxy) is 6. The molecule has 0 spiro atoms. The summed E-state index contributed by atoms with van der Waals surface area (Å²) in [5, 5.41) is 10.4. The van der Waals surface area contributed by atoms with Crippen molar-refractivity contribution in [1.29, 1.82) is 0 Å². The molecular formula is C24H36O10S. The van der Waals surface area contributed by atoms with Crippen LogP contribution in [0.5, 0.6) is 0 Å². The van der Waals surface area contributed by atoms with Gasteiger partial charge in [0.05, 0.1) is 97.4 Å². The molecule has 198 valence electrons. The van der Waals surface area contributed by atoms with Gasteiger partial charge in [0, 0.05) is 0 Å². The Morgan fingerprint density at radius 3 is 1.46 bits per heavy atom. The highest BCUT2D eigenvalue weighted by Gasteiger charge is 2.15. The van der Waals surface area contributed by atoms with Gasteiger partial charge >= 0.3 is 0 Å². The lowest BCUT2D eigenvalue weighted by Gasteiger charge is -2.09. The number of hydrogen-bond donors (Lipinski definition) is 1. The third kappa shape index (κ3) is 13.3. The third-order valence-electron chi connectivity index (χ3n) is 4.57. The highest BCUT2D eigenvalue weighted by Crippen LogP contribution is 2.20. The molecule has 0 saturated heterocycles. The summed E-state index contributed by atoms with van der Waals surface area (Å²) in [6, 6.07) is 12.4. The Morgan fingerprint density at radius 2 is 0.971 bits per heavy atom. The molecule has 0 aromatic heterocycles. The Hall–Kier alpha value is -1.67. The normalized spacial score (nSPS) is 11.9. The Morgan fingerprint density at radius 1 is 0.543 bits per heavy atom. The smallest absolute Gasteiger partial charge is 0.297 e. The van der Waals surface area contributed by atoms with Crippen molar-refractivity contribution in [2.75, 3.05) is 92.5 Å². The van der Waals surface area contributed by atoms with Gasteiger partial charge in [-0.15, -0.1) is 0 Å². The molecule has 0 atom stereocenters. The van der Waals surface area contributed by atoms with E-state index in [0.29, 0.717) is 72.7 Å². The van der Waals surface area contributed by atoms with Crippen LogP contribution < -0.4 is 0 Å².